The Kier molecular flexibility index (Phi) is 4.61. The van der Waals surface area contributed by atoms with Crippen molar-refractivity contribution in [2.24, 2.45) is 4.99 Å². The molecule has 0 radical (unpaired) electrons. The van der Waals surface area contributed by atoms with E-state index in [0.29, 0.717) is 23.7 Å². The molecule has 1 aliphatic rings. The SMILES string of the molecule is CCOC(=O)C1=C(C)NC(c2cscn2)=N[C@@H]1c1ccc(O)cc1. The number of carbonyl (C=O) groups is 1. The summed E-state index contributed by atoms with van der Waals surface area (Å²) >= 11 is 1.48. The molecule has 1 atom stereocenters. The molecule has 124 valence electrons. The Morgan fingerprint density at radius 3 is 2.75 bits per heavy atom. The Morgan fingerprint density at radius 2 is 2.12 bits per heavy atom. The Bertz CT molecular complexity index is 795. The molecule has 0 saturated carbocycles. The van der Waals surface area contributed by atoms with Gasteiger partial charge in [0, 0.05) is 11.1 Å². The molecule has 7 heteroatoms. The molecular formula is C17H17N3O3S. The summed E-state index contributed by atoms with van der Waals surface area (Å²) in [6.07, 6.45) is 0. The van der Waals surface area contributed by atoms with Crippen LogP contribution in [0.4, 0.5) is 0 Å². The van der Waals surface area contributed by atoms with Gasteiger partial charge in [0.2, 0.25) is 0 Å². The molecule has 1 aliphatic heterocycles. The first-order valence-electron chi connectivity index (χ1n) is 7.50. The summed E-state index contributed by atoms with van der Waals surface area (Å²) in [5.41, 5.74) is 4.40. The first-order valence-corrected chi connectivity index (χ1v) is 8.44. The molecule has 0 fully saturated rings. The van der Waals surface area contributed by atoms with Gasteiger partial charge in [-0.3, -0.25) is 4.99 Å². The number of thiazole rings is 1. The average Bonchev–Trinajstić information content (AvgIpc) is 3.09. The van der Waals surface area contributed by atoms with Gasteiger partial charge in [-0.25, -0.2) is 9.78 Å². The van der Waals surface area contributed by atoms with Gasteiger partial charge in [-0.05, 0) is 31.5 Å². The minimum absolute atomic E-state index is 0.162. The summed E-state index contributed by atoms with van der Waals surface area (Å²) in [6.45, 7) is 3.88. The Balaban J connectivity index is 2.06. The number of rotatable bonds is 4. The lowest BCUT2D eigenvalue weighted by atomic mass is 9.96. The number of aliphatic imine (C=N–C) groups is 1. The van der Waals surface area contributed by atoms with Crippen molar-refractivity contribution in [2.45, 2.75) is 19.9 Å². The van der Waals surface area contributed by atoms with Crippen molar-refractivity contribution in [2.75, 3.05) is 6.61 Å². The monoisotopic (exact) mass is 343 g/mol. The minimum atomic E-state index is -0.511. The first kappa shape index (κ1) is 16.2. The quantitative estimate of drug-likeness (QED) is 0.834. The van der Waals surface area contributed by atoms with Crippen molar-refractivity contribution in [1.82, 2.24) is 10.3 Å². The largest absolute Gasteiger partial charge is 0.508 e. The molecule has 1 aromatic carbocycles. The summed E-state index contributed by atoms with van der Waals surface area (Å²) in [7, 11) is 0. The van der Waals surface area contributed by atoms with Gasteiger partial charge < -0.3 is 15.2 Å². The van der Waals surface area contributed by atoms with Crippen LogP contribution in [0.5, 0.6) is 5.75 Å². The number of benzene rings is 1. The smallest absolute Gasteiger partial charge is 0.338 e. The zero-order valence-electron chi connectivity index (χ0n) is 13.3. The predicted octanol–water partition coefficient (Wildman–Crippen LogP) is 2.78. The third-order valence-corrected chi connectivity index (χ3v) is 4.21. The van der Waals surface area contributed by atoms with Gasteiger partial charge in [-0.15, -0.1) is 11.3 Å². The fourth-order valence-corrected chi connectivity index (χ4v) is 3.04. The van der Waals surface area contributed by atoms with E-state index in [2.05, 4.69) is 15.3 Å². The van der Waals surface area contributed by atoms with Crippen molar-refractivity contribution in [3.05, 3.63) is 57.7 Å². The highest BCUT2D eigenvalue weighted by Gasteiger charge is 2.30. The second kappa shape index (κ2) is 6.84. The summed E-state index contributed by atoms with van der Waals surface area (Å²) in [4.78, 5) is 21.3. The Labute approximate surface area is 143 Å². The maximum absolute atomic E-state index is 12.4. The number of ether oxygens (including phenoxy) is 1. The number of aromatic hydroxyl groups is 1. The molecule has 1 aromatic heterocycles. The van der Waals surface area contributed by atoms with Gasteiger partial charge in [0.05, 0.1) is 17.7 Å². The van der Waals surface area contributed by atoms with Crippen LogP contribution in [0.3, 0.4) is 0 Å². The van der Waals surface area contributed by atoms with Crippen LogP contribution >= 0.6 is 11.3 Å². The molecule has 2 aromatic rings. The maximum atomic E-state index is 12.4. The highest BCUT2D eigenvalue weighted by molar-refractivity contribution is 7.07. The summed E-state index contributed by atoms with van der Waals surface area (Å²) < 4.78 is 5.18. The van der Waals surface area contributed by atoms with Crippen molar-refractivity contribution in [3.63, 3.8) is 0 Å². The van der Waals surface area contributed by atoms with Crippen LogP contribution in [-0.2, 0) is 9.53 Å². The van der Waals surface area contributed by atoms with E-state index in [4.69, 9.17) is 4.74 Å². The molecule has 0 spiro atoms. The molecule has 3 rings (SSSR count). The van der Waals surface area contributed by atoms with Crippen LogP contribution in [0.25, 0.3) is 0 Å². The van der Waals surface area contributed by atoms with E-state index >= 15 is 0 Å². The normalized spacial score (nSPS) is 17.2. The van der Waals surface area contributed by atoms with Gasteiger partial charge in [-0.1, -0.05) is 12.1 Å². The number of nitrogens with one attached hydrogen (secondary N) is 1. The van der Waals surface area contributed by atoms with Gasteiger partial charge in [0.15, 0.2) is 5.84 Å². The van der Waals surface area contributed by atoms with Crippen molar-refractivity contribution < 1.29 is 14.6 Å². The van der Waals surface area contributed by atoms with E-state index < -0.39 is 12.0 Å². The predicted molar refractivity (Wildman–Crippen MR) is 92.0 cm³/mol. The number of amidine groups is 1. The third-order valence-electron chi connectivity index (χ3n) is 3.62. The fraction of sp³-hybridized carbons (Fsp3) is 0.235. The summed E-state index contributed by atoms with van der Waals surface area (Å²) in [6, 6.07) is 6.14. The van der Waals surface area contributed by atoms with Gasteiger partial charge in [0.1, 0.15) is 17.5 Å². The van der Waals surface area contributed by atoms with Crippen LogP contribution in [0, 0.1) is 0 Å². The van der Waals surface area contributed by atoms with Crippen molar-refractivity contribution in [1.29, 1.82) is 0 Å². The van der Waals surface area contributed by atoms with E-state index in [1.165, 1.54) is 11.3 Å². The van der Waals surface area contributed by atoms with Crippen LogP contribution < -0.4 is 5.32 Å². The summed E-state index contributed by atoms with van der Waals surface area (Å²) in [5.74, 6) is 0.372. The number of esters is 1. The molecular weight excluding hydrogens is 326 g/mol. The number of phenolic OH excluding ortho intramolecular Hbond substituents is 1. The van der Waals surface area contributed by atoms with E-state index in [0.717, 1.165) is 11.3 Å². The number of nitrogens with zero attached hydrogens (tertiary/aromatic N) is 2. The summed E-state index contributed by atoms with van der Waals surface area (Å²) in [5, 5.41) is 14.5. The number of allylic oxidation sites excluding steroid dienone is 1. The highest BCUT2D eigenvalue weighted by atomic mass is 32.1. The molecule has 2 N–H and O–H groups in total. The van der Waals surface area contributed by atoms with Gasteiger partial charge in [-0.2, -0.15) is 0 Å². The molecule has 0 saturated heterocycles. The lowest BCUT2D eigenvalue weighted by molar-refractivity contribution is -0.138. The van der Waals surface area contributed by atoms with E-state index in [1.54, 1.807) is 36.7 Å². The highest BCUT2D eigenvalue weighted by Crippen LogP contribution is 2.33. The topological polar surface area (TPSA) is 83.8 Å². The molecule has 2 heterocycles. The number of hydrogen-bond donors (Lipinski definition) is 2. The molecule has 24 heavy (non-hydrogen) atoms. The number of aromatic nitrogens is 1. The van der Waals surface area contributed by atoms with E-state index in [-0.39, 0.29) is 5.75 Å². The minimum Gasteiger partial charge on any atom is -0.508 e. The second-order valence-electron chi connectivity index (χ2n) is 5.23. The van der Waals surface area contributed by atoms with Crippen LogP contribution in [-0.4, -0.2) is 28.5 Å². The molecule has 0 bridgehead atoms. The zero-order valence-corrected chi connectivity index (χ0v) is 14.1. The van der Waals surface area contributed by atoms with Gasteiger partial charge in [0.25, 0.3) is 0 Å². The molecule has 0 unspecified atom stereocenters. The average molecular weight is 343 g/mol. The van der Waals surface area contributed by atoms with E-state index in [9.17, 15) is 9.90 Å². The third kappa shape index (κ3) is 3.16. The number of hydrogen-bond acceptors (Lipinski definition) is 7. The number of carbonyl (C=O) groups excluding carboxylic acids is 1. The standard InChI is InChI=1S/C17H17N3O3S/c1-3-23-17(22)14-10(2)19-16(13-8-24-9-18-13)20-15(14)11-4-6-12(21)7-5-11/h4-9,15,21H,3H2,1-2H3,(H,19,20)/t15-/m1/s1. The van der Waals surface area contributed by atoms with Gasteiger partial charge >= 0.3 is 5.97 Å². The van der Waals surface area contributed by atoms with Crippen molar-refractivity contribution in [3.8, 4) is 5.75 Å². The second-order valence-corrected chi connectivity index (χ2v) is 5.95. The first-order chi connectivity index (χ1) is 11.6. The van der Waals surface area contributed by atoms with E-state index in [1.807, 2.05) is 12.3 Å². The molecule has 0 aliphatic carbocycles. The van der Waals surface area contributed by atoms with Crippen LogP contribution in [0.2, 0.25) is 0 Å². The van der Waals surface area contributed by atoms with Crippen molar-refractivity contribution >= 4 is 23.1 Å². The van der Waals surface area contributed by atoms with Crippen LogP contribution in [0.1, 0.15) is 31.1 Å². The Hall–Kier alpha value is -2.67. The lowest BCUT2D eigenvalue weighted by Crippen LogP contribution is -2.33. The molecule has 6 nitrogen and oxygen atoms in total. The number of phenols is 1. The zero-order chi connectivity index (χ0) is 17.1. The maximum Gasteiger partial charge on any atom is 0.338 e. The Morgan fingerprint density at radius 1 is 1.38 bits per heavy atom. The van der Waals surface area contributed by atoms with Crippen LogP contribution in [0.15, 0.2) is 51.4 Å². The lowest BCUT2D eigenvalue weighted by Gasteiger charge is -2.25. The fourth-order valence-electron chi connectivity index (χ4n) is 2.51. The molecule has 0 amide bonds.